The van der Waals surface area contributed by atoms with Crippen molar-refractivity contribution in [3.8, 4) is 0 Å². The van der Waals surface area contributed by atoms with Crippen molar-refractivity contribution in [1.29, 1.82) is 0 Å². The van der Waals surface area contributed by atoms with Crippen LogP contribution in [0.1, 0.15) is 16.2 Å². The van der Waals surface area contributed by atoms with Gasteiger partial charge in [0.25, 0.3) is 5.91 Å². The number of furan rings is 1. The smallest absolute Gasteiger partial charge is 0.287 e. The number of fused-ring (bicyclic) bond motifs is 1. The number of aromatic nitrogens is 2. The molecule has 0 fully saturated rings. The van der Waals surface area contributed by atoms with Gasteiger partial charge in [0.05, 0.1) is 5.69 Å². The van der Waals surface area contributed by atoms with Crippen molar-refractivity contribution in [3.63, 3.8) is 0 Å². The van der Waals surface area contributed by atoms with E-state index in [1.54, 1.807) is 28.9 Å². The average molecular weight is 284 g/mol. The summed E-state index contributed by atoms with van der Waals surface area (Å²) >= 11 is 0. The second-order valence-electron chi connectivity index (χ2n) is 4.89. The second kappa shape index (κ2) is 5.32. The highest BCUT2D eigenvalue weighted by Gasteiger charge is 2.12. The predicted octanol–water partition coefficient (Wildman–Crippen LogP) is 1.72. The fraction of sp³-hybridized carbons (Fsp3) is 0.200. The molecule has 0 spiro atoms. The van der Waals surface area contributed by atoms with E-state index in [0.29, 0.717) is 24.2 Å². The Morgan fingerprint density at radius 2 is 2.24 bits per heavy atom. The summed E-state index contributed by atoms with van der Waals surface area (Å²) in [5.74, 6) is 0.0531. The minimum atomic E-state index is -0.235. The molecule has 3 N–H and O–H groups in total. The van der Waals surface area contributed by atoms with Crippen LogP contribution in [0, 0.1) is 0 Å². The van der Waals surface area contributed by atoms with Crippen LogP contribution in [0.25, 0.3) is 11.0 Å². The van der Waals surface area contributed by atoms with Crippen molar-refractivity contribution in [3.05, 3.63) is 48.0 Å². The number of hydrogen-bond acceptors (Lipinski definition) is 4. The molecule has 2 aromatic heterocycles. The summed E-state index contributed by atoms with van der Waals surface area (Å²) in [6.45, 7) is 0.509. The summed E-state index contributed by atoms with van der Waals surface area (Å²) in [5, 5.41) is 7.90. The Morgan fingerprint density at radius 1 is 1.38 bits per heavy atom. The number of benzene rings is 1. The molecule has 3 aromatic rings. The highest BCUT2D eigenvalue weighted by molar-refractivity contribution is 5.96. The Bertz CT molecular complexity index is 788. The molecule has 0 aliphatic heterocycles. The third kappa shape index (κ3) is 2.89. The van der Waals surface area contributed by atoms with Gasteiger partial charge < -0.3 is 15.5 Å². The molecule has 6 nitrogen and oxygen atoms in total. The van der Waals surface area contributed by atoms with E-state index < -0.39 is 0 Å². The minimum Gasteiger partial charge on any atom is -0.451 e. The third-order valence-corrected chi connectivity index (χ3v) is 3.20. The van der Waals surface area contributed by atoms with Gasteiger partial charge in [0.15, 0.2) is 5.76 Å². The minimum absolute atomic E-state index is 0.235. The molecule has 0 unspecified atom stereocenters. The van der Waals surface area contributed by atoms with Crippen LogP contribution in [0.5, 0.6) is 0 Å². The zero-order valence-corrected chi connectivity index (χ0v) is 11.7. The van der Waals surface area contributed by atoms with Crippen LogP contribution < -0.4 is 11.1 Å². The first-order valence-corrected chi connectivity index (χ1v) is 6.67. The lowest BCUT2D eigenvalue weighted by Crippen LogP contribution is -2.25. The molecule has 2 heterocycles. The number of carbonyl (C=O) groups excluding carboxylic acids is 1. The predicted molar refractivity (Wildman–Crippen MR) is 79.9 cm³/mol. The maximum atomic E-state index is 12.0. The van der Waals surface area contributed by atoms with Crippen LogP contribution >= 0.6 is 0 Å². The highest BCUT2D eigenvalue weighted by atomic mass is 16.3. The first-order valence-electron chi connectivity index (χ1n) is 6.67. The molecule has 108 valence electrons. The maximum absolute atomic E-state index is 12.0. The van der Waals surface area contributed by atoms with E-state index in [1.165, 1.54) is 0 Å². The number of amides is 1. The number of nitrogens with zero attached hydrogens (tertiary/aromatic N) is 2. The molecule has 0 saturated heterocycles. The molecule has 1 amide bonds. The monoisotopic (exact) mass is 284 g/mol. The van der Waals surface area contributed by atoms with Crippen LogP contribution in [0.4, 0.5) is 5.69 Å². The van der Waals surface area contributed by atoms with E-state index in [1.807, 2.05) is 19.3 Å². The molecule has 0 atom stereocenters. The Hall–Kier alpha value is -2.76. The van der Waals surface area contributed by atoms with Gasteiger partial charge in [-0.15, -0.1) is 0 Å². The Kier molecular flexibility index (Phi) is 3.35. The van der Waals surface area contributed by atoms with Gasteiger partial charge in [-0.05, 0) is 30.3 Å². The zero-order chi connectivity index (χ0) is 14.8. The summed E-state index contributed by atoms with van der Waals surface area (Å²) in [6, 6.07) is 8.91. The van der Waals surface area contributed by atoms with Gasteiger partial charge in [0, 0.05) is 37.3 Å². The number of aryl methyl sites for hydroxylation is 1. The van der Waals surface area contributed by atoms with Crippen molar-refractivity contribution in [2.24, 2.45) is 7.05 Å². The van der Waals surface area contributed by atoms with E-state index in [0.717, 1.165) is 11.1 Å². The number of hydrogen-bond donors (Lipinski definition) is 2. The number of rotatable bonds is 4. The largest absolute Gasteiger partial charge is 0.451 e. The van der Waals surface area contributed by atoms with Gasteiger partial charge in [-0.2, -0.15) is 5.10 Å². The molecule has 0 radical (unpaired) electrons. The zero-order valence-electron chi connectivity index (χ0n) is 11.7. The molecule has 0 aliphatic carbocycles. The standard InChI is InChI=1S/C15H16N4O2/c1-19-7-5-12(18-19)4-6-17-15(20)14-9-10-8-11(16)2-3-13(10)21-14/h2-3,5,7-9H,4,6,16H2,1H3,(H,17,20). The van der Waals surface area contributed by atoms with E-state index >= 15 is 0 Å². The fourth-order valence-electron chi connectivity index (χ4n) is 2.16. The fourth-order valence-corrected chi connectivity index (χ4v) is 2.16. The third-order valence-electron chi connectivity index (χ3n) is 3.20. The van der Waals surface area contributed by atoms with Crippen LogP contribution in [-0.4, -0.2) is 22.2 Å². The summed E-state index contributed by atoms with van der Waals surface area (Å²) in [5.41, 5.74) is 7.94. The van der Waals surface area contributed by atoms with E-state index in [9.17, 15) is 4.79 Å². The van der Waals surface area contributed by atoms with Crippen molar-refractivity contribution in [2.45, 2.75) is 6.42 Å². The van der Waals surface area contributed by atoms with Crippen LogP contribution in [0.2, 0.25) is 0 Å². The first-order chi connectivity index (χ1) is 10.1. The van der Waals surface area contributed by atoms with Crippen LogP contribution in [0.15, 0.2) is 40.9 Å². The highest BCUT2D eigenvalue weighted by Crippen LogP contribution is 2.21. The number of anilines is 1. The van der Waals surface area contributed by atoms with Crippen molar-refractivity contribution in [2.75, 3.05) is 12.3 Å². The van der Waals surface area contributed by atoms with Crippen molar-refractivity contribution < 1.29 is 9.21 Å². The van der Waals surface area contributed by atoms with Crippen LogP contribution in [0.3, 0.4) is 0 Å². The molecular weight excluding hydrogens is 268 g/mol. The lowest BCUT2D eigenvalue weighted by molar-refractivity contribution is 0.0928. The molecule has 21 heavy (non-hydrogen) atoms. The number of nitrogen functional groups attached to an aromatic ring is 1. The van der Waals surface area contributed by atoms with Gasteiger partial charge in [-0.25, -0.2) is 0 Å². The lowest BCUT2D eigenvalue weighted by Gasteiger charge is -2.00. The molecular formula is C15H16N4O2. The topological polar surface area (TPSA) is 86.1 Å². The van der Waals surface area contributed by atoms with Crippen LogP contribution in [-0.2, 0) is 13.5 Å². The van der Waals surface area contributed by atoms with E-state index in [4.69, 9.17) is 10.2 Å². The normalized spacial score (nSPS) is 10.9. The molecule has 0 aliphatic rings. The quantitative estimate of drug-likeness (QED) is 0.714. The molecule has 0 saturated carbocycles. The summed E-state index contributed by atoms with van der Waals surface area (Å²) in [6.07, 6.45) is 2.56. The van der Waals surface area contributed by atoms with Gasteiger partial charge in [0.1, 0.15) is 5.58 Å². The van der Waals surface area contributed by atoms with E-state index in [2.05, 4.69) is 10.4 Å². The van der Waals surface area contributed by atoms with Gasteiger partial charge in [0.2, 0.25) is 0 Å². The molecule has 0 bridgehead atoms. The Labute approximate surface area is 121 Å². The number of nitrogens with two attached hydrogens (primary N) is 1. The first kappa shape index (κ1) is 13.2. The second-order valence-corrected chi connectivity index (χ2v) is 4.89. The Balaban J connectivity index is 1.63. The molecule has 3 rings (SSSR count). The number of carbonyl (C=O) groups is 1. The SMILES string of the molecule is Cn1ccc(CCNC(=O)c2cc3cc(N)ccc3o2)n1. The average Bonchev–Trinajstić information content (AvgIpc) is 3.04. The van der Waals surface area contributed by atoms with Gasteiger partial charge in [-0.1, -0.05) is 0 Å². The maximum Gasteiger partial charge on any atom is 0.287 e. The molecule has 1 aromatic carbocycles. The summed E-state index contributed by atoms with van der Waals surface area (Å²) in [7, 11) is 1.86. The van der Waals surface area contributed by atoms with Crippen molar-refractivity contribution >= 4 is 22.6 Å². The van der Waals surface area contributed by atoms with Crippen molar-refractivity contribution in [1.82, 2.24) is 15.1 Å². The van der Waals surface area contributed by atoms with Gasteiger partial charge in [-0.3, -0.25) is 9.48 Å². The van der Waals surface area contributed by atoms with E-state index in [-0.39, 0.29) is 11.7 Å². The number of nitrogens with one attached hydrogen (secondary N) is 1. The van der Waals surface area contributed by atoms with Gasteiger partial charge >= 0.3 is 0 Å². The Morgan fingerprint density at radius 3 is 3.00 bits per heavy atom. The molecule has 6 heteroatoms. The summed E-state index contributed by atoms with van der Waals surface area (Å²) in [4.78, 5) is 12.0. The lowest BCUT2D eigenvalue weighted by atomic mass is 10.2. The summed E-state index contributed by atoms with van der Waals surface area (Å²) < 4.78 is 7.24.